The van der Waals surface area contributed by atoms with Gasteiger partial charge in [-0.25, -0.2) is 4.39 Å². The van der Waals surface area contributed by atoms with E-state index < -0.39 is 0 Å². The molecule has 1 amide bonds. The Hall–Kier alpha value is -2.37. The molecule has 0 bridgehead atoms. The van der Waals surface area contributed by atoms with Gasteiger partial charge in [-0.15, -0.1) is 0 Å². The molecule has 2 rings (SSSR count). The Bertz CT molecular complexity index is 621. The zero-order valence-electron chi connectivity index (χ0n) is 10.8. The summed E-state index contributed by atoms with van der Waals surface area (Å²) in [5.41, 5.74) is 7.37. The van der Waals surface area contributed by atoms with Crippen LogP contribution in [-0.4, -0.2) is 15.7 Å². The van der Waals surface area contributed by atoms with Crippen LogP contribution >= 0.6 is 0 Å². The minimum atomic E-state index is -0.326. The summed E-state index contributed by atoms with van der Waals surface area (Å²) in [7, 11) is 1.73. The highest BCUT2D eigenvalue weighted by Gasteiger charge is 2.10. The standard InChI is InChI=1S/C13H15FN4O/c1-8-5-9(3-4-11(8)14)13(19)16-6-10-7-17-18(2)12(10)15/h3-5,7H,6,15H2,1-2H3,(H,16,19). The van der Waals surface area contributed by atoms with Crippen LogP contribution in [0.3, 0.4) is 0 Å². The van der Waals surface area contributed by atoms with Gasteiger partial charge in [-0.2, -0.15) is 5.10 Å². The number of aromatic nitrogens is 2. The molecule has 100 valence electrons. The number of anilines is 1. The number of carbonyl (C=O) groups is 1. The van der Waals surface area contributed by atoms with Crippen molar-refractivity contribution in [2.45, 2.75) is 13.5 Å². The molecule has 0 fully saturated rings. The molecule has 0 radical (unpaired) electrons. The van der Waals surface area contributed by atoms with Crippen molar-refractivity contribution in [1.82, 2.24) is 15.1 Å². The highest BCUT2D eigenvalue weighted by Crippen LogP contribution is 2.11. The van der Waals surface area contributed by atoms with E-state index >= 15 is 0 Å². The number of hydrogen-bond donors (Lipinski definition) is 2. The van der Waals surface area contributed by atoms with Gasteiger partial charge in [0, 0.05) is 24.7 Å². The fourth-order valence-corrected chi connectivity index (χ4v) is 1.69. The van der Waals surface area contributed by atoms with E-state index in [4.69, 9.17) is 5.73 Å². The average Bonchev–Trinajstić information content (AvgIpc) is 2.70. The molecule has 0 spiro atoms. The van der Waals surface area contributed by atoms with Gasteiger partial charge < -0.3 is 11.1 Å². The van der Waals surface area contributed by atoms with Crippen LogP contribution in [0.4, 0.5) is 10.2 Å². The molecule has 5 nitrogen and oxygen atoms in total. The lowest BCUT2D eigenvalue weighted by molar-refractivity contribution is 0.0951. The van der Waals surface area contributed by atoms with Gasteiger partial charge in [0.15, 0.2) is 0 Å². The zero-order valence-corrected chi connectivity index (χ0v) is 10.8. The van der Waals surface area contributed by atoms with E-state index in [1.165, 1.54) is 22.9 Å². The lowest BCUT2D eigenvalue weighted by Gasteiger charge is -2.06. The molecule has 0 saturated heterocycles. The lowest BCUT2D eigenvalue weighted by Crippen LogP contribution is -2.23. The molecular formula is C13H15FN4O. The number of nitrogens with two attached hydrogens (primary N) is 1. The minimum Gasteiger partial charge on any atom is -0.384 e. The number of nitrogens with zero attached hydrogens (tertiary/aromatic N) is 2. The van der Waals surface area contributed by atoms with Crippen LogP contribution in [-0.2, 0) is 13.6 Å². The first-order chi connectivity index (χ1) is 8.99. The Morgan fingerprint density at radius 1 is 1.53 bits per heavy atom. The number of amides is 1. The third kappa shape index (κ3) is 2.73. The van der Waals surface area contributed by atoms with E-state index in [-0.39, 0.29) is 18.3 Å². The van der Waals surface area contributed by atoms with Crippen molar-refractivity contribution >= 4 is 11.7 Å². The number of nitrogen functional groups attached to an aromatic ring is 1. The molecule has 0 atom stereocenters. The van der Waals surface area contributed by atoms with Gasteiger partial charge in [0.25, 0.3) is 5.91 Å². The molecule has 3 N–H and O–H groups in total. The number of hydrogen-bond acceptors (Lipinski definition) is 3. The van der Waals surface area contributed by atoms with Crippen LogP contribution < -0.4 is 11.1 Å². The van der Waals surface area contributed by atoms with E-state index in [0.29, 0.717) is 16.9 Å². The Balaban J connectivity index is 2.05. The molecule has 1 heterocycles. The van der Waals surface area contributed by atoms with Crippen LogP contribution in [0, 0.1) is 12.7 Å². The summed E-state index contributed by atoms with van der Waals surface area (Å²) < 4.78 is 14.6. The second-order valence-electron chi connectivity index (χ2n) is 4.33. The SMILES string of the molecule is Cc1cc(C(=O)NCc2cnn(C)c2N)ccc1F. The predicted molar refractivity (Wildman–Crippen MR) is 69.9 cm³/mol. The van der Waals surface area contributed by atoms with Gasteiger partial charge in [0.05, 0.1) is 6.20 Å². The summed E-state index contributed by atoms with van der Waals surface area (Å²) in [4.78, 5) is 11.9. The van der Waals surface area contributed by atoms with E-state index in [9.17, 15) is 9.18 Å². The summed E-state index contributed by atoms with van der Waals surface area (Å²) in [5, 5.41) is 6.70. The number of nitrogens with one attached hydrogen (secondary N) is 1. The van der Waals surface area contributed by atoms with E-state index in [1.807, 2.05) is 0 Å². The highest BCUT2D eigenvalue weighted by molar-refractivity contribution is 5.94. The molecule has 0 aliphatic heterocycles. The summed E-state index contributed by atoms with van der Waals surface area (Å²) in [6.45, 7) is 1.90. The number of benzene rings is 1. The van der Waals surface area contributed by atoms with Crippen molar-refractivity contribution in [3.8, 4) is 0 Å². The summed E-state index contributed by atoms with van der Waals surface area (Å²) in [6, 6.07) is 4.24. The van der Waals surface area contributed by atoms with Crippen LogP contribution in [0.5, 0.6) is 0 Å². The van der Waals surface area contributed by atoms with Gasteiger partial charge in [-0.1, -0.05) is 0 Å². The second-order valence-corrected chi connectivity index (χ2v) is 4.33. The van der Waals surface area contributed by atoms with Gasteiger partial charge in [-0.3, -0.25) is 9.48 Å². The van der Waals surface area contributed by atoms with Gasteiger partial charge >= 0.3 is 0 Å². The zero-order chi connectivity index (χ0) is 14.0. The maximum Gasteiger partial charge on any atom is 0.251 e. The molecule has 2 aromatic rings. The number of halogens is 1. The fourth-order valence-electron chi connectivity index (χ4n) is 1.69. The van der Waals surface area contributed by atoms with Crippen molar-refractivity contribution in [1.29, 1.82) is 0 Å². The third-order valence-electron chi connectivity index (χ3n) is 2.92. The fraction of sp³-hybridized carbons (Fsp3) is 0.231. The van der Waals surface area contributed by atoms with Crippen molar-refractivity contribution < 1.29 is 9.18 Å². The largest absolute Gasteiger partial charge is 0.384 e. The maximum atomic E-state index is 13.1. The smallest absolute Gasteiger partial charge is 0.251 e. The Labute approximate surface area is 110 Å². The van der Waals surface area contributed by atoms with Crippen LogP contribution in [0.15, 0.2) is 24.4 Å². The van der Waals surface area contributed by atoms with Gasteiger partial charge in [-0.05, 0) is 30.7 Å². The third-order valence-corrected chi connectivity index (χ3v) is 2.92. The topological polar surface area (TPSA) is 72.9 Å². The second kappa shape index (κ2) is 5.09. The molecule has 1 aromatic heterocycles. The molecule has 6 heteroatoms. The van der Waals surface area contributed by atoms with Crippen LogP contribution in [0.2, 0.25) is 0 Å². The van der Waals surface area contributed by atoms with Crippen molar-refractivity contribution in [3.63, 3.8) is 0 Å². The van der Waals surface area contributed by atoms with Crippen LogP contribution in [0.1, 0.15) is 21.5 Å². The Morgan fingerprint density at radius 3 is 2.84 bits per heavy atom. The van der Waals surface area contributed by atoms with Crippen molar-refractivity contribution in [3.05, 3.63) is 46.9 Å². The van der Waals surface area contributed by atoms with Crippen LogP contribution in [0.25, 0.3) is 0 Å². The maximum absolute atomic E-state index is 13.1. The first-order valence-corrected chi connectivity index (χ1v) is 5.79. The predicted octanol–water partition coefficient (Wildman–Crippen LogP) is 1.38. The normalized spacial score (nSPS) is 10.5. The molecule has 0 aliphatic rings. The monoisotopic (exact) mass is 262 g/mol. The molecule has 0 saturated carbocycles. The number of aryl methyl sites for hydroxylation is 2. The summed E-state index contributed by atoms with van der Waals surface area (Å²) in [6.07, 6.45) is 1.60. The summed E-state index contributed by atoms with van der Waals surface area (Å²) in [5.74, 6) is -0.0880. The number of carbonyl (C=O) groups excluding carboxylic acids is 1. The van der Waals surface area contributed by atoms with E-state index in [1.54, 1.807) is 20.2 Å². The molecule has 0 aliphatic carbocycles. The average molecular weight is 262 g/mol. The highest BCUT2D eigenvalue weighted by atomic mass is 19.1. The quantitative estimate of drug-likeness (QED) is 0.877. The molecule has 19 heavy (non-hydrogen) atoms. The Kier molecular flexibility index (Phi) is 3.50. The first-order valence-electron chi connectivity index (χ1n) is 5.79. The number of rotatable bonds is 3. The molecular weight excluding hydrogens is 247 g/mol. The van der Waals surface area contributed by atoms with Gasteiger partial charge in [0.2, 0.25) is 0 Å². The minimum absolute atomic E-state index is 0.272. The van der Waals surface area contributed by atoms with Crippen molar-refractivity contribution in [2.75, 3.05) is 5.73 Å². The molecule has 0 unspecified atom stereocenters. The van der Waals surface area contributed by atoms with Gasteiger partial charge in [0.1, 0.15) is 11.6 Å². The van der Waals surface area contributed by atoms with E-state index in [2.05, 4.69) is 10.4 Å². The Morgan fingerprint density at radius 2 is 2.26 bits per heavy atom. The lowest BCUT2D eigenvalue weighted by atomic mass is 10.1. The van der Waals surface area contributed by atoms with Crippen molar-refractivity contribution in [2.24, 2.45) is 7.05 Å². The van der Waals surface area contributed by atoms with E-state index in [0.717, 1.165) is 5.56 Å². The summed E-state index contributed by atoms with van der Waals surface area (Å²) >= 11 is 0. The molecule has 1 aromatic carbocycles. The first kappa shape index (κ1) is 13.1.